The number of amides is 2. The second-order valence-electron chi connectivity index (χ2n) is 10.3. The Labute approximate surface area is 179 Å². The Hall–Kier alpha value is -2.04. The Balaban J connectivity index is 1.32. The highest BCUT2D eigenvalue weighted by Gasteiger charge is 2.60. The fourth-order valence-electron chi connectivity index (χ4n) is 7.44. The van der Waals surface area contributed by atoms with Gasteiger partial charge in [-0.05, 0) is 60.8 Å². The van der Waals surface area contributed by atoms with Crippen LogP contribution < -0.4 is 5.32 Å². The van der Waals surface area contributed by atoms with Crippen molar-refractivity contribution in [2.24, 2.45) is 35.5 Å². The van der Waals surface area contributed by atoms with Crippen LogP contribution in [0.2, 0.25) is 0 Å². The lowest BCUT2D eigenvalue weighted by molar-refractivity contribution is -0.147. The van der Waals surface area contributed by atoms with E-state index in [2.05, 4.69) is 47.3 Å². The lowest BCUT2D eigenvalue weighted by Gasteiger charge is -2.64. The van der Waals surface area contributed by atoms with Crippen LogP contribution in [-0.4, -0.2) is 43.6 Å². The van der Waals surface area contributed by atoms with Crippen LogP contribution in [0.15, 0.2) is 30.3 Å². The number of likely N-dealkylation sites (tertiary alicyclic amines) is 1. The zero-order chi connectivity index (χ0) is 20.9. The van der Waals surface area contributed by atoms with Crippen molar-refractivity contribution in [3.63, 3.8) is 0 Å². The number of methoxy groups -OCH3 is 1. The van der Waals surface area contributed by atoms with Gasteiger partial charge in [0, 0.05) is 37.4 Å². The van der Waals surface area contributed by atoms with E-state index < -0.39 is 6.09 Å². The summed E-state index contributed by atoms with van der Waals surface area (Å²) in [4.78, 5) is 26.7. The van der Waals surface area contributed by atoms with Gasteiger partial charge in [0.15, 0.2) is 0 Å². The number of carbonyl (C=O) groups is 2. The molecule has 0 unspecified atom stereocenters. The second kappa shape index (κ2) is 7.58. The van der Waals surface area contributed by atoms with Crippen molar-refractivity contribution in [1.29, 1.82) is 0 Å². The standard InChI is InChI=1S/C25H34N2O3/c1-16-18-8-21-10-19(16)11-22(9-18)25(21,20-6-4-3-5-7-20)12-23(28)27-14-17(15-27)13-26-24(29)30-2/h3-7,16-19,21-22H,8-15H2,1-2H3,(H,26,29). The molecule has 1 aliphatic heterocycles. The van der Waals surface area contributed by atoms with Crippen LogP contribution in [0.3, 0.4) is 0 Å². The summed E-state index contributed by atoms with van der Waals surface area (Å²) in [5.74, 6) is 4.49. The number of ether oxygens (including phenoxy) is 1. The van der Waals surface area contributed by atoms with E-state index in [1.54, 1.807) is 0 Å². The van der Waals surface area contributed by atoms with Crippen molar-refractivity contribution >= 4 is 12.0 Å². The van der Waals surface area contributed by atoms with Gasteiger partial charge in [0.05, 0.1) is 7.11 Å². The molecule has 5 heteroatoms. The van der Waals surface area contributed by atoms with E-state index in [0.29, 0.717) is 36.6 Å². The molecule has 1 heterocycles. The summed E-state index contributed by atoms with van der Waals surface area (Å²) in [5, 5.41) is 2.76. The second-order valence-corrected chi connectivity index (χ2v) is 10.3. The lowest BCUT2D eigenvalue weighted by Crippen LogP contribution is -2.61. The molecule has 1 saturated heterocycles. The Morgan fingerprint density at radius 2 is 1.67 bits per heavy atom. The summed E-state index contributed by atoms with van der Waals surface area (Å²) in [6, 6.07) is 10.9. The summed E-state index contributed by atoms with van der Waals surface area (Å²) >= 11 is 0. The Morgan fingerprint density at radius 3 is 2.23 bits per heavy atom. The molecule has 1 N–H and O–H groups in total. The number of alkyl carbamates (subject to hydrolysis) is 1. The highest BCUT2D eigenvalue weighted by atomic mass is 16.5. The molecular weight excluding hydrogens is 376 g/mol. The van der Waals surface area contributed by atoms with Crippen LogP contribution in [0, 0.1) is 35.5 Å². The number of hydrogen-bond acceptors (Lipinski definition) is 3. The minimum absolute atomic E-state index is 0.0147. The number of nitrogens with one attached hydrogen (secondary N) is 1. The molecule has 6 rings (SSSR count). The maximum absolute atomic E-state index is 13.4. The van der Waals surface area contributed by atoms with E-state index in [-0.39, 0.29) is 5.41 Å². The molecule has 162 valence electrons. The molecule has 2 amide bonds. The average Bonchev–Trinajstić information content (AvgIpc) is 2.71. The van der Waals surface area contributed by atoms with Gasteiger partial charge in [0.25, 0.3) is 0 Å². The van der Waals surface area contributed by atoms with Crippen molar-refractivity contribution < 1.29 is 14.3 Å². The van der Waals surface area contributed by atoms with E-state index >= 15 is 0 Å². The molecule has 5 nitrogen and oxygen atoms in total. The molecular formula is C25H34N2O3. The maximum atomic E-state index is 13.4. The molecule has 30 heavy (non-hydrogen) atoms. The predicted molar refractivity (Wildman–Crippen MR) is 115 cm³/mol. The van der Waals surface area contributed by atoms with Crippen LogP contribution in [-0.2, 0) is 14.9 Å². The summed E-state index contributed by atoms with van der Waals surface area (Å²) in [6.45, 7) is 4.52. The molecule has 4 bridgehead atoms. The Bertz CT molecular complexity index is 772. The number of carbonyl (C=O) groups excluding carboxylic acids is 2. The van der Waals surface area contributed by atoms with Gasteiger partial charge in [0.1, 0.15) is 0 Å². The van der Waals surface area contributed by atoms with Crippen LogP contribution in [0.1, 0.15) is 44.6 Å². The highest BCUT2D eigenvalue weighted by molar-refractivity contribution is 5.79. The zero-order valence-electron chi connectivity index (χ0n) is 18.2. The molecule has 1 aromatic carbocycles. The minimum Gasteiger partial charge on any atom is -0.453 e. The molecule has 4 aliphatic carbocycles. The lowest BCUT2D eigenvalue weighted by atomic mass is 9.41. The van der Waals surface area contributed by atoms with Crippen molar-refractivity contribution in [3.8, 4) is 0 Å². The molecule has 0 radical (unpaired) electrons. The third-order valence-electron chi connectivity index (χ3n) is 9.08. The minimum atomic E-state index is -0.398. The summed E-state index contributed by atoms with van der Waals surface area (Å²) < 4.78 is 4.64. The van der Waals surface area contributed by atoms with Gasteiger partial charge in [0.2, 0.25) is 5.91 Å². The topological polar surface area (TPSA) is 58.6 Å². The molecule has 5 aliphatic rings. The summed E-state index contributed by atoms with van der Waals surface area (Å²) in [7, 11) is 1.38. The predicted octanol–water partition coefficient (Wildman–Crippen LogP) is 3.83. The molecule has 0 atom stereocenters. The van der Waals surface area contributed by atoms with Gasteiger partial charge in [-0.1, -0.05) is 37.3 Å². The fourth-order valence-corrected chi connectivity index (χ4v) is 7.44. The van der Waals surface area contributed by atoms with E-state index in [1.807, 2.05) is 4.90 Å². The summed E-state index contributed by atoms with van der Waals surface area (Å²) in [6.07, 6.45) is 5.43. The normalized spacial score (nSPS) is 37.0. The monoisotopic (exact) mass is 410 g/mol. The van der Waals surface area contributed by atoms with Gasteiger partial charge in [-0.15, -0.1) is 0 Å². The van der Waals surface area contributed by atoms with Gasteiger partial charge < -0.3 is 15.0 Å². The first-order valence-corrected chi connectivity index (χ1v) is 11.7. The first-order chi connectivity index (χ1) is 14.5. The quantitative estimate of drug-likeness (QED) is 0.803. The van der Waals surface area contributed by atoms with Crippen LogP contribution >= 0.6 is 0 Å². The number of rotatable bonds is 5. The molecule has 4 saturated carbocycles. The highest BCUT2D eigenvalue weighted by Crippen LogP contribution is 2.65. The first kappa shape index (κ1) is 19.9. The first-order valence-electron chi connectivity index (χ1n) is 11.7. The van der Waals surface area contributed by atoms with E-state index in [4.69, 9.17) is 0 Å². The van der Waals surface area contributed by atoms with Crippen molar-refractivity contribution in [1.82, 2.24) is 10.2 Å². The summed E-state index contributed by atoms with van der Waals surface area (Å²) in [5.41, 5.74) is 1.41. The third-order valence-corrected chi connectivity index (χ3v) is 9.08. The van der Waals surface area contributed by atoms with Crippen LogP contribution in [0.25, 0.3) is 0 Å². The van der Waals surface area contributed by atoms with Crippen molar-refractivity contribution in [2.45, 2.75) is 44.4 Å². The van der Waals surface area contributed by atoms with Gasteiger partial charge >= 0.3 is 6.09 Å². The van der Waals surface area contributed by atoms with Crippen LogP contribution in [0.5, 0.6) is 0 Å². The number of hydrogen-bond donors (Lipinski definition) is 1. The largest absolute Gasteiger partial charge is 0.453 e. The smallest absolute Gasteiger partial charge is 0.406 e. The van der Waals surface area contributed by atoms with Crippen molar-refractivity contribution in [3.05, 3.63) is 35.9 Å². The Kier molecular flexibility index (Phi) is 5.03. The van der Waals surface area contributed by atoms with Gasteiger partial charge in [-0.3, -0.25) is 4.79 Å². The number of benzene rings is 1. The van der Waals surface area contributed by atoms with Crippen molar-refractivity contribution in [2.75, 3.05) is 26.7 Å². The zero-order valence-corrected chi connectivity index (χ0v) is 18.2. The van der Waals surface area contributed by atoms with E-state index in [0.717, 1.165) is 30.8 Å². The number of nitrogens with zero attached hydrogens (tertiary/aromatic N) is 1. The Morgan fingerprint density at radius 1 is 1.07 bits per heavy atom. The molecule has 0 spiro atoms. The fraction of sp³-hybridized carbons (Fsp3) is 0.680. The van der Waals surface area contributed by atoms with Gasteiger partial charge in [-0.25, -0.2) is 4.79 Å². The SMILES string of the molecule is COC(=O)NCC1CN(C(=O)CC2(c3ccccc3)C3CC4CC2CC(C3)C4C)C1. The van der Waals surface area contributed by atoms with Crippen LogP contribution in [0.4, 0.5) is 4.79 Å². The van der Waals surface area contributed by atoms with E-state index in [9.17, 15) is 9.59 Å². The molecule has 1 aromatic rings. The van der Waals surface area contributed by atoms with Gasteiger partial charge in [-0.2, -0.15) is 0 Å². The average molecular weight is 411 g/mol. The molecule has 5 fully saturated rings. The maximum Gasteiger partial charge on any atom is 0.406 e. The van der Waals surface area contributed by atoms with E-state index in [1.165, 1.54) is 38.4 Å². The molecule has 0 aromatic heterocycles. The third kappa shape index (κ3) is 3.12.